The molecule has 0 aliphatic carbocycles. The van der Waals surface area contributed by atoms with Crippen molar-refractivity contribution in [2.75, 3.05) is 31.8 Å². The molecule has 1 heterocycles. The molecule has 1 saturated heterocycles. The van der Waals surface area contributed by atoms with Gasteiger partial charge in [0.2, 0.25) is 5.91 Å². The summed E-state index contributed by atoms with van der Waals surface area (Å²) in [5.74, 6) is -1.38. The Kier molecular flexibility index (Phi) is 6.14. The van der Waals surface area contributed by atoms with E-state index in [1.54, 1.807) is 31.3 Å². The van der Waals surface area contributed by atoms with Gasteiger partial charge >= 0.3 is 0 Å². The minimum Gasteiger partial charge on any atom is -0.496 e. The highest BCUT2D eigenvalue weighted by molar-refractivity contribution is 7.91. The van der Waals surface area contributed by atoms with E-state index in [2.05, 4.69) is 5.32 Å². The summed E-state index contributed by atoms with van der Waals surface area (Å²) in [6.07, 6.45) is 0.491. The van der Waals surface area contributed by atoms with Crippen LogP contribution < -0.4 is 10.1 Å². The number of rotatable bonds is 6. The second kappa shape index (κ2) is 8.42. The minimum atomic E-state index is -3.77. The SMILES string of the molecule is COc1ccc(S(=O)(=O)C[C@@H]2CCN(C)C2=O)cc1C(=O)Nc1ccccc1Cl. The molecule has 9 heteroatoms. The average Bonchev–Trinajstić information content (AvgIpc) is 3.00. The van der Waals surface area contributed by atoms with Gasteiger partial charge in [-0.25, -0.2) is 8.42 Å². The maximum Gasteiger partial charge on any atom is 0.259 e. The Bertz CT molecular complexity index is 1050. The Hall–Kier alpha value is -2.58. The molecule has 0 saturated carbocycles. The molecule has 2 amide bonds. The van der Waals surface area contributed by atoms with Crippen LogP contribution >= 0.6 is 11.6 Å². The Balaban J connectivity index is 1.89. The molecule has 2 aromatic carbocycles. The Morgan fingerprint density at radius 3 is 2.62 bits per heavy atom. The lowest BCUT2D eigenvalue weighted by Crippen LogP contribution is -2.27. The zero-order valence-electron chi connectivity index (χ0n) is 16.0. The minimum absolute atomic E-state index is 0.0371. The van der Waals surface area contributed by atoms with Crippen molar-refractivity contribution < 1.29 is 22.7 Å². The van der Waals surface area contributed by atoms with Crippen LogP contribution in [0.5, 0.6) is 5.75 Å². The number of anilines is 1. The first-order valence-corrected chi connectivity index (χ1v) is 11.0. The van der Waals surface area contributed by atoms with Crippen LogP contribution in [0.2, 0.25) is 5.02 Å². The highest BCUT2D eigenvalue weighted by atomic mass is 35.5. The van der Waals surface area contributed by atoms with E-state index in [4.69, 9.17) is 16.3 Å². The van der Waals surface area contributed by atoms with Crippen LogP contribution in [-0.4, -0.2) is 51.6 Å². The number of hydrogen-bond acceptors (Lipinski definition) is 5. The average molecular weight is 437 g/mol. The predicted molar refractivity (Wildman–Crippen MR) is 110 cm³/mol. The molecule has 1 atom stereocenters. The van der Waals surface area contributed by atoms with E-state index in [9.17, 15) is 18.0 Å². The van der Waals surface area contributed by atoms with E-state index < -0.39 is 21.7 Å². The number of benzene rings is 2. The molecule has 0 aromatic heterocycles. The summed E-state index contributed by atoms with van der Waals surface area (Å²) in [6.45, 7) is 0.535. The van der Waals surface area contributed by atoms with Crippen LogP contribution in [-0.2, 0) is 14.6 Å². The summed E-state index contributed by atoms with van der Waals surface area (Å²) < 4.78 is 30.9. The molecule has 0 unspecified atom stereocenters. The number of nitrogens with one attached hydrogen (secondary N) is 1. The van der Waals surface area contributed by atoms with Crippen molar-refractivity contribution >= 4 is 38.9 Å². The van der Waals surface area contributed by atoms with Crippen molar-refractivity contribution in [1.29, 1.82) is 0 Å². The second-order valence-electron chi connectivity index (χ2n) is 6.82. The molecule has 1 aliphatic heterocycles. The fourth-order valence-electron chi connectivity index (χ4n) is 3.22. The standard InChI is InChI=1S/C20H21ClN2O5S/c1-23-10-9-13(20(23)25)12-29(26,27)14-7-8-18(28-2)15(11-14)19(24)22-17-6-4-3-5-16(17)21/h3-8,11,13H,9-10,12H2,1-2H3,(H,22,24)/t13-/m0/s1. The largest absolute Gasteiger partial charge is 0.496 e. The summed E-state index contributed by atoms with van der Waals surface area (Å²) in [5, 5.41) is 3.01. The molecule has 2 aromatic rings. The first kappa shape index (κ1) is 21.1. The zero-order valence-corrected chi connectivity index (χ0v) is 17.6. The van der Waals surface area contributed by atoms with E-state index in [0.29, 0.717) is 23.7 Å². The molecule has 1 aliphatic rings. The number of para-hydroxylation sites is 1. The first-order valence-electron chi connectivity index (χ1n) is 8.94. The number of ether oxygens (including phenoxy) is 1. The van der Waals surface area contributed by atoms with Crippen molar-refractivity contribution in [2.45, 2.75) is 11.3 Å². The van der Waals surface area contributed by atoms with Crippen LogP contribution in [0.4, 0.5) is 5.69 Å². The number of carbonyl (C=O) groups excluding carboxylic acids is 2. The Morgan fingerprint density at radius 2 is 2.00 bits per heavy atom. The number of hydrogen-bond donors (Lipinski definition) is 1. The van der Waals surface area contributed by atoms with Gasteiger partial charge in [-0.05, 0) is 36.8 Å². The number of likely N-dealkylation sites (tertiary alicyclic amines) is 1. The third-order valence-corrected chi connectivity index (χ3v) is 7.00. The Labute approximate surface area is 174 Å². The number of carbonyl (C=O) groups is 2. The van der Waals surface area contributed by atoms with Gasteiger partial charge in [0.05, 0.1) is 39.9 Å². The van der Waals surface area contributed by atoms with Gasteiger partial charge in [0, 0.05) is 13.6 Å². The monoisotopic (exact) mass is 436 g/mol. The van der Waals surface area contributed by atoms with E-state index in [1.165, 1.54) is 30.2 Å². The molecule has 1 fully saturated rings. The molecule has 0 radical (unpaired) electrons. The highest BCUT2D eigenvalue weighted by Gasteiger charge is 2.34. The molecule has 0 spiro atoms. The van der Waals surface area contributed by atoms with Gasteiger partial charge in [-0.2, -0.15) is 0 Å². The summed E-state index contributed by atoms with van der Waals surface area (Å²) in [4.78, 5) is 26.3. The maximum absolute atomic E-state index is 12.9. The first-order chi connectivity index (χ1) is 13.7. The molecular weight excluding hydrogens is 416 g/mol. The van der Waals surface area contributed by atoms with E-state index >= 15 is 0 Å². The van der Waals surface area contributed by atoms with Crippen LogP contribution in [0.3, 0.4) is 0 Å². The summed E-state index contributed by atoms with van der Waals surface area (Å²) in [5.41, 5.74) is 0.456. The van der Waals surface area contributed by atoms with Crippen LogP contribution in [0.1, 0.15) is 16.8 Å². The maximum atomic E-state index is 12.9. The van der Waals surface area contributed by atoms with Crippen molar-refractivity contribution in [3.63, 3.8) is 0 Å². The third kappa shape index (κ3) is 4.54. The third-order valence-electron chi connectivity index (χ3n) is 4.86. The topological polar surface area (TPSA) is 92.8 Å². The fourth-order valence-corrected chi connectivity index (χ4v) is 5.01. The van der Waals surface area contributed by atoms with E-state index in [-0.39, 0.29) is 27.9 Å². The zero-order chi connectivity index (χ0) is 21.2. The van der Waals surface area contributed by atoms with Gasteiger partial charge in [-0.1, -0.05) is 23.7 Å². The molecule has 7 nitrogen and oxygen atoms in total. The predicted octanol–water partition coefficient (Wildman–Crippen LogP) is 2.85. The van der Waals surface area contributed by atoms with Crippen molar-refractivity contribution in [3.8, 4) is 5.75 Å². The number of sulfone groups is 1. The lowest BCUT2D eigenvalue weighted by atomic mass is 10.1. The second-order valence-corrected chi connectivity index (χ2v) is 9.26. The molecule has 3 rings (SSSR count). The van der Waals surface area contributed by atoms with Gasteiger partial charge in [-0.15, -0.1) is 0 Å². The molecule has 0 bridgehead atoms. The summed E-state index contributed by atoms with van der Waals surface area (Å²) in [7, 11) is -0.727. The smallest absolute Gasteiger partial charge is 0.259 e. The van der Waals surface area contributed by atoms with Gasteiger partial charge in [-0.3, -0.25) is 9.59 Å². The molecular formula is C20H21ClN2O5S. The van der Waals surface area contributed by atoms with Crippen LogP contribution in [0.15, 0.2) is 47.4 Å². The van der Waals surface area contributed by atoms with Crippen molar-refractivity contribution in [3.05, 3.63) is 53.1 Å². The molecule has 154 valence electrons. The lowest BCUT2D eigenvalue weighted by molar-refractivity contribution is -0.129. The molecule has 1 N–H and O–H groups in total. The Morgan fingerprint density at radius 1 is 1.28 bits per heavy atom. The fraction of sp³-hybridized carbons (Fsp3) is 0.300. The van der Waals surface area contributed by atoms with Gasteiger partial charge < -0.3 is 15.0 Å². The van der Waals surface area contributed by atoms with E-state index in [1.807, 2.05) is 0 Å². The molecule has 29 heavy (non-hydrogen) atoms. The van der Waals surface area contributed by atoms with E-state index in [0.717, 1.165) is 0 Å². The highest BCUT2D eigenvalue weighted by Crippen LogP contribution is 2.28. The number of amides is 2. The normalized spacial score (nSPS) is 16.7. The van der Waals surface area contributed by atoms with Crippen LogP contribution in [0, 0.1) is 5.92 Å². The van der Waals surface area contributed by atoms with Crippen molar-refractivity contribution in [1.82, 2.24) is 4.90 Å². The number of halogens is 1. The summed E-state index contributed by atoms with van der Waals surface area (Å²) >= 11 is 6.08. The van der Waals surface area contributed by atoms with Gasteiger partial charge in [0.1, 0.15) is 5.75 Å². The number of nitrogens with zero attached hydrogens (tertiary/aromatic N) is 1. The van der Waals surface area contributed by atoms with Crippen molar-refractivity contribution in [2.24, 2.45) is 5.92 Å². The van der Waals surface area contributed by atoms with Crippen LogP contribution in [0.25, 0.3) is 0 Å². The van der Waals surface area contributed by atoms with Gasteiger partial charge in [0.25, 0.3) is 5.91 Å². The van der Waals surface area contributed by atoms with Gasteiger partial charge in [0.15, 0.2) is 9.84 Å². The summed E-state index contributed by atoms with van der Waals surface area (Å²) in [6, 6.07) is 10.8. The number of methoxy groups -OCH3 is 1. The quantitative estimate of drug-likeness (QED) is 0.751. The lowest BCUT2D eigenvalue weighted by Gasteiger charge is -2.14.